The number of carbonyl (C=O) groups excluding carboxylic acids is 2. The van der Waals surface area contributed by atoms with Crippen LogP contribution in [-0.4, -0.2) is 36.9 Å². The van der Waals surface area contributed by atoms with Crippen molar-refractivity contribution in [3.63, 3.8) is 0 Å². The Morgan fingerprint density at radius 2 is 1.85 bits per heavy atom. The van der Waals surface area contributed by atoms with E-state index in [1.54, 1.807) is 25.3 Å². The van der Waals surface area contributed by atoms with E-state index >= 15 is 0 Å². The molecule has 1 heterocycles. The van der Waals surface area contributed by atoms with Crippen molar-refractivity contribution in [2.24, 2.45) is 5.92 Å². The van der Waals surface area contributed by atoms with Crippen LogP contribution in [0.2, 0.25) is 0 Å². The number of hydrogen-bond acceptors (Lipinski definition) is 4. The van der Waals surface area contributed by atoms with Crippen LogP contribution in [0.3, 0.4) is 0 Å². The van der Waals surface area contributed by atoms with Gasteiger partial charge in [-0.3, -0.25) is 9.59 Å². The minimum Gasteiger partial charge on any atom is -0.493 e. The monoisotopic (exact) mass is 421 g/mol. The van der Waals surface area contributed by atoms with Gasteiger partial charge < -0.3 is 14.4 Å². The number of allylic oxidation sites excluding steroid dienone is 1. The van der Waals surface area contributed by atoms with Crippen molar-refractivity contribution in [1.82, 2.24) is 4.90 Å². The molecule has 1 fully saturated rings. The molecule has 0 N–H and O–H groups in total. The third-order valence-electron chi connectivity index (χ3n) is 5.31. The number of ether oxygens (including phenoxy) is 2. The minimum absolute atomic E-state index is 0.00132. The molecule has 0 radical (unpaired) electrons. The van der Waals surface area contributed by atoms with Gasteiger partial charge in [0.05, 0.1) is 20.6 Å². The second-order valence-electron chi connectivity index (χ2n) is 6.87. The smallest absolute Gasteiger partial charge is 0.231 e. The molecule has 5 nitrogen and oxygen atoms in total. The van der Waals surface area contributed by atoms with Gasteiger partial charge in [-0.15, -0.1) is 0 Å². The fraction of sp³-hybridized carbons (Fsp3) is 0.500. The Bertz CT molecular complexity index is 725. The third-order valence-corrected chi connectivity index (χ3v) is 6.05. The number of ketones is 1. The Labute approximate surface area is 162 Å². The zero-order valence-electron chi connectivity index (χ0n) is 15.2. The van der Waals surface area contributed by atoms with Crippen molar-refractivity contribution in [1.29, 1.82) is 0 Å². The molecule has 1 aliphatic carbocycles. The number of carbonyl (C=O) groups is 2. The molecule has 1 unspecified atom stereocenters. The van der Waals surface area contributed by atoms with E-state index in [1.165, 1.54) is 18.9 Å². The number of halogens is 1. The quantitative estimate of drug-likeness (QED) is 0.723. The van der Waals surface area contributed by atoms with Crippen molar-refractivity contribution in [2.75, 3.05) is 14.2 Å². The van der Waals surface area contributed by atoms with Crippen LogP contribution in [0, 0.1) is 5.92 Å². The summed E-state index contributed by atoms with van der Waals surface area (Å²) in [7, 11) is 3.16. The average molecular weight is 422 g/mol. The lowest BCUT2D eigenvalue weighted by molar-refractivity contribution is -0.132. The van der Waals surface area contributed by atoms with Crippen molar-refractivity contribution < 1.29 is 19.1 Å². The van der Waals surface area contributed by atoms with Crippen molar-refractivity contribution in [3.8, 4) is 11.5 Å². The molecule has 140 valence electrons. The van der Waals surface area contributed by atoms with E-state index in [0.29, 0.717) is 23.8 Å². The number of hydrogen-bond donors (Lipinski definition) is 0. The zero-order chi connectivity index (χ0) is 18.7. The summed E-state index contributed by atoms with van der Waals surface area (Å²) in [5.41, 5.74) is 0.836. The maximum absolute atomic E-state index is 13.0. The van der Waals surface area contributed by atoms with Gasteiger partial charge >= 0.3 is 0 Å². The maximum Gasteiger partial charge on any atom is 0.231 e. The van der Waals surface area contributed by atoms with Crippen LogP contribution >= 0.6 is 15.9 Å². The highest BCUT2D eigenvalue weighted by Crippen LogP contribution is 2.36. The van der Waals surface area contributed by atoms with E-state index in [1.807, 2.05) is 12.1 Å². The first-order chi connectivity index (χ1) is 12.5. The molecule has 26 heavy (non-hydrogen) atoms. The molecular weight excluding hydrogens is 398 g/mol. The molecule has 1 aromatic rings. The Morgan fingerprint density at radius 1 is 1.19 bits per heavy atom. The molecule has 0 aromatic heterocycles. The SMILES string of the molecule is COc1cc(Br)c(CC(=O)N2C=CC(=O)CC2C2CCCC2)cc1OC. The molecule has 1 aromatic carbocycles. The van der Waals surface area contributed by atoms with Crippen molar-refractivity contribution in [2.45, 2.75) is 44.6 Å². The second-order valence-corrected chi connectivity index (χ2v) is 7.73. The highest BCUT2D eigenvalue weighted by molar-refractivity contribution is 9.10. The third kappa shape index (κ3) is 3.95. The fourth-order valence-corrected chi connectivity index (χ4v) is 4.40. The van der Waals surface area contributed by atoms with Gasteiger partial charge in [0, 0.05) is 23.1 Å². The van der Waals surface area contributed by atoms with Gasteiger partial charge in [0.1, 0.15) is 0 Å². The highest BCUT2D eigenvalue weighted by Gasteiger charge is 2.35. The van der Waals surface area contributed by atoms with Crippen LogP contribution in [0.5, 0.6) is 11.5 Å². The lowest BCUT2D eigenvalue weighted by atomic mass is 9.90. The highest BCUT2D eigenvalue weighted by atomic mass is 79.9. The molecule has 0 saturated heterocycles. The molecule has 1 aliphatic heterocycles. The number of rotatable bonds is 5. The lowest BCUT2D eigenvalue weighted by Gasteiger charge is -2.35. The normalized spacial score (nSPS) is 20.5. The van der Waals surface area contributed by atoms with E-state index < -0.39 is 0 Å². The predicted octanol–water partition coefficient (Wildman–Crippen LogP) is 3.88. The Balaban J connectivity index is 1.81. The molecular formula is C20H24BrNO4. The van der Waals surface area contributed by atoms with Crippen LogP contribution in [0.4, 0.5) is 0 Å². The van der Waals surface area contributed by atoms with Gasteiger partial charge in [-0.05, 0) is 42.5 Å². The first kappa shape index (κ1) is 19.0. The first-order valence-electron chi connectivity index (χ1n) is 8.96. The molecule has 1 saturated carbocycles. The predicted molar refractivity (Wildman–Crippen MR) is 102 cm³/mol. The van der Waals surface area contributed by atoms with Gasteiger partial charge in [-0.25, -0.2) is 0 Å². The van der Waals surface area contributed by atoms with Crippen LogP contribution in [0.1, 0.15) is 37.7 Å². The van der Waals surface area contributed by atoms with E-state index in [-0.39, 0.29) is 24.2 Å². The van der Waals surface area contributed by atoms with Gasteiger partial charge in [0.2, 0.25) is 5.91 Å². The van der Waals surface area contributed by atoms with Crippen LogP contribution < -0.4 is 9.47 Å². The average Bonchev–Trinajstić information content (AvgIpc) is 3.17. The number of nitrogens with zero attached hydrogens (tertiary/aromatic N) is 1. The number of amides is 1. The maximum atomic E-state index is 13.0. The molecule has 0 bridgehead atoms. The second kappa shape index (κ2) is 8.25. The van der Waals surface area contributed by atoms with Crippen LogP contribution in [-0.2, 0) is 16.0 Å². The summed E-state index contributed by atoms with van der Waals surface area (Å²) in [6.45, 7) is 0. The molecule has 6 heteroatoms. The molecule has 1 amide bonds. The largest absolute Gasteiger partial charge is 0.493 e. The standard InChI is InChI=1S/C20H24BrNO4/c1-25-18-9-14(16(21)12-19(18)26-2)10-20(24)22-8-7-15(23)11-17(22)13-5-3-4-6-13/h7-9,12-13,17H,3-6,10-11H2,1-2H3. The summed E-state index contributed by atoms with van der Waals surface area (Å²) in [6.07, 6.45) is 8.41. The van der Waals surface area contributed by atoms with Crippen molar-refractivity contribution in [3.05, 3.63) is 34.4 Å². The minimum atomic E-state index is -0.0126. The van der Waals surface area contributed by atoms with Gasteiger partial charge in [0.15, 0.2) is 17.3 Å². The summed E-state index contributed by atoms with van der Waals surface area (Å²) in [5.74, 6) is 1.73. The van der Waals surface area contributed by atoms with Gasteiger partial charge in [-0.1, -0.05) is 28.8 Å². The summed E-state index contributed by atoms with van der Waals surface area (Å²) < 4.78 is 11.4. The fourth-order valence-electron chi connectivity index (χ4n) is 3.94. The van der Waals surface area contributed by atoms with Gasteiger partial charge in [-0.2, -0.15) is 0 Å². The summed E-state index contributed by atoms with van der Waals surface area (Å²) in [6, 6.07) is 3.62. The summed E-state index contributed by atoms with van der Waals surface area (Å²) >= 11 is 3.52. The Morgan fingerprint density at radius 3 is 2.50 bits per heavy atom. The molecule has 3 rings (SSSR count). The Kier molecular flexibility index (Phi) is 6.01. The van der Waals surface area contributed by atoms with Crippen LogP contribution in [0.25, 0.3) is 0 Å². The van der Waals surface area contributed by atoms with E-state index in [4.69, 9.17) is 9.47 Å². The van der Waals surface area contributed by atoms with Gasteiger partial charge in [0.25, 0.3) is 0 Å². The Hall–Kier alpha value is -1.82. The topological polar surface area (TPSA) is 55.8 Å². The number of methoxy groups -OCH3 is 2. The zero-order valence-corrected chi connectivity index (χ0v) is 16.8. The first-order valence-corrected chi connectivity index (χ1v) is 9.75. The van der Waals surface area contributed by atoms with Crippen LogP contribution in [0.15, 0.2) is 28.9 Å². The van der Waals surface area contributed by atoms with E-state index in [9.17, 15) is 9.59 Å². The van der Waals surface area contributed by atoms with E-state index in [2.05, 4.69) is 15.9 Å². The summed E-state index contributed by atoms with van der Waals surface area (Å²) in [5, 5.41) is 0. The van der Waals surface area contributed by atoms with E-state index in [0.717, 1.165) is 22.9 Å². The molecule has 1 atom stereocenters. The molecule has 0 spiro atoms. The molecule has 2 aliphatic rings. The van der Waals surface area contributed by atoms with Crippen molar-refractivity contribution >= 4 is 27.6 Å². The lowest BCUT2D eigenvalue weighted by Crippen LogP contribution is -2.44. The number of benzene rings is 1. The summed E-state index contributed by atoms with van der Waals surface area (Å²) in [4.78, 5) is 26.7.